The Bertz CT molecular complexity index is 1360. The molecule has 0 saturated carbocycles. The number of carboxylic acids is 1. The van der Waals surface area contributed by atoms with Crippen LogP contribution in [0.25, 0.3) is 11.1 Å². The van der Waals surface area contributed by atoms with Crippen molar-refractivity contribution in [3.8, 4) is 28.4 Å². The zero-order valence-corrected chi connectivity index (χ0v) is 20.1. The predicted octanol–water partition coefficient (Wildman–Crippen LogP) is 7.13. The highest BCUT2D eigenvalue weighted by Gasteiger charge is 2.13. The molecule has 0 aliphatic rings. The Kier molecular flexibility index (Phi) is 7.66. The van der Waals surface area contributed by atoms with Crippen LogP contribution >= 0.6 is 0 Å². The minimum atomic E-state index is -1.09. The summed E-state index contributed by atoms with van der Waals surface area (Å²) in [7, 11) is 0. The monoisotopic (exact) mass is 481 g/mol. The highest BCUT2D eigenvalue weighted by Crippen LogP contribution is 2.29. The molecule has 182 valence electrons. The molecule has 4 aromatic rings. The number of para-hydroxylation sites is 1. The summed E-state index contributed by atoms with van der Waals surface area (Å²) in [5.41, 5.74) is 2.26. The summed E-state index contributed by atoms with van der Waals surface area (Å²) in [5, 5.41) is 12.5. The van der Waals surface area contributed by atoms with Crippen molar-refractivity contribution in [1.82, 2.24) is 0 Å². The molecule has 0 bridgehead atoms. The molecule has 0 spiro atoms. The Balaban J connectivity index is 1.58. The van der Waals surface area contributed by atoms with Crippen molar-refractivity contribution < 1.29 is 24.2 Å². The van der Waals surface area contributed by atoms with Gasteiger partial charge in [0.15, 0.2) is 0 Å². The Morgan fingerprint density at radius 3 is 2.22 bits per heavy atom. The molecular formula is C30H27NO5. The number of carbonyl (C=O) groups is 2. The van der Waals surface area contributed by atoms with Gasteiger partial charge in [-0.25, -0.2) is 4.79 Å². The van der Waals surface area contributed by atoms with Crippen molar-refractivity contribution in [3.05, 3.63) is 108 Å². The van der Waals surface area contributed by atoms with Crippen LogP contribution in [-0.4, -0.2) is 23.6 Å². The largest absolute Gasteiger partial charge is 0.493 e. The van der Waals surface area contributed by atoms with E-state index in [1.807, 2.05) is 54.6 Å². The van der Waals surface area contributed by atoms with Gasteiger partial charge in [0.25, 0.3) is 5.91 Å². The van der Waals surface area contributed by atoms with E-state index in [-0.39, 0.29) is 11.5 Å². The summed E-state index contributed by atoms with van der Waals surface area (Å²) in [5.74, 6) is 0.791. The molecule has 4 aromatic carbocycles. The number of carbonyl (C=O) groups excluding carboxylic acids is 1. The minimum absolute atomic E-state index is 0.0671. The van der Waals surface area contributed by atoms with Gasteiger partial charge in [-0.1, -0.05) is 50.2 Å². The van der Waals surface area contributed by atoms with E-state index in [0.29, 0.717) is 46.6 Å². The van der Waals surface area contributed by atoms with Crippen LogP contribution in [-0.2, 0) is 0 Å². The minimum Gasteiger partial charge on any atom is -0.493 e. The number of hydrogen-bond donors (Lipinski definition) is 2. The maximum absolute atomic E-state index is 13.0. The van der Waals surface area contributed by atoms with E-state index < -0.39 is 5.97 Å². The van der Waals surface area contributed by atoms with Crippen LogP contribution in [0.2, 0.25) is 0 Å². The van der Waals surface area contributed by atoms with Crippen molar-refractivity contribution in [3.63, 3.8) is 0 Å². The van der Waals surface area contributed by atoms with Crippen molar-refractivity contribution in [2.24, 2.45) is 5.92 Å². The number of amides is 1. The van der Waals surface area contributed by atoms with Gasteiger partial charge < -0.3 is 19.9 Å². The molecule has 2 N–H and O–H groups in total. The molecule has 0 fully saturated rings. The fourth-order valence-electron chi connectivity index (χ4n) is 3.55. The van der Waals surface area contributed by atoms with Crippen LogP contribution < -0.4 is 14.8 Å². The maximum Gasteiger partial charge on any atom is 0.335 e. The first-order valence-electron chi connectivity index (χ1n) is 11.6. The average molecular weight is 482 g/mol. The van der Waals surface area contributed by atoms with E-state index in [1.165, 1.54) is 6.07 Å². The fraction of sp³-hybridized carbons (Fsp3) is 0.133. The van der Waals surface area contributed by atoms with E-state index in [1.54, 1.807) is 36.4 Å². The molecule has 0 radical (unpaired) electrons. The van der Waals surface area contributed by atoms with Crippen LogP contribution in [0.1, 0.15) is 34.6 Å². The number of ether oxygens (including phenoxy) is 2. The Labute approximate surface area is 210 Å². The van der Waals surface area contributed by atoms with Gasteiger partial charge in [0.1, 0.15) is 17.2 Å². The molecule has 0 atom stereocenters. The van der Waals surface area contributed by atoms with Crippen LogP contribution in [0.15, 0.2) is 97.1 Å². The summed E-state index contributed by atoms with van der Waals surface area (Å²) in [6.45, 7) is 4.71. The van der Waals surface area contributed by atoms with Crippen molar-refractivity contribution in [2.75, 3.05) is 11.9 Å². The lowest BCUT2D eigenvalue weighted by Crippen LogP contribution is -2.12. The molecular weight excluding hydrogens is 454 g/mol. The second kappa shape index (κ2) is 11.2. The number of nitrogens with one attached hydrogen (secondary N) is 1. The SMILES string of the molecule is CC(C)COc1cccc(-c2cc(NC(=O)c3cccc(Oc4ccccc4)c3)cc(C(=O)O)c2)c1. The van der Waals surface area contributed by atoms with Gasteiger partial charge in [-0.2, -0.15) is 0 Å². The van der Waals surface area contributed by atoms with E-state index in [9.17, 15) is 14.7 Å². The lowest BCUT2D eigenvalue weighted by molar-refractivity contribution is 0.0696. The van der Waals surface area contributed by atoms with Crippen LogP contribution in [0.3, 0.4) is 0 Å². The molecule has 6 nitrogen and oxygen atoms in total. The molecule has 0 aromatic heterocycles. The van der Waals surface area contributed by atoms with E-state index in [4.69, 9.17) is 9.47 Å². The summed E-state index contributed by atoms with van der Waals surface area (Å²) < 4.78 is 11.6. The number of anilines is 1. The molecule has 0 heterocycles. The molecule has 0 saturated heterocycles. The van der Waals surface area contributed by atoms with Gasteiger partial charge in [-0.3, -0.25) is 4.79 Å². The lowest BCUT2D eigenvalue weighted by atomic mass is 10.0. The summed E-state index contributed by atoms with van der Waals surface area (Å²) in [4.78, 5) is 24.8. The first-order valence-corrected chi connectivity index (χ1v) is 11.6. The van der Waals surface area contributed by atoms with E-state index in [0.717, 1.165) is 5.56 Å². The van der Waals surface area contributed by atoms with Crippen LogP contribution in [0.4, 0.5) is 5.69 Å². The van der Waals surface area contributed by atoms with E-state index >= 15 is 0 Å². The van der Waals surface area contributed by atoms with Crippen molar-refractivity contribution >= 4 is 17.6 Å². The Morgan fingerprint density at radius 1 is 0.750 bits per heavy atom. The van der Waals surface area contributed by atoms with Crippen LogP contribution in [0.5, 0.6) is 17.2 Å². The van der Waals surface area contributed by atoms with Gasteiger partial charge in [-0.15, -0.1) is 0 Å². The Morgan fingerprint density at radius 2 is 1.47 bits per heavy atom. The molecule has 1 amide bonds. The summed E-state index contributed by atoms with van der Waals surface area (Å²) in [6.07, 6.45) is 0. The molecule has 4 rings (SSSR count). The van der Waals surface area contributed by atoms with Crippen LogP contribution in [0, 0.1) is 5.92 Å². The quantitative estimate of drug-likeness (QED) is 0.266. The number of carboxylic acid groups (broad SMARTS) is 1. The second-order valence-corrected chi connectivity index (χ2v) is 8.73. The van der Waals surface area contributed by atoms with Crippen molar-refractivity contribution in [1.29, 1.82) is 0 Å². The second-order valence-electron chi connectivity index (χ2n) is 8.73. The zero-order valence-electron chi connectivity index (χ0n) is 20.1. The lowest BCUT2D eigenvalue weighted by Gasteiger charge is -2.13. The normalized spacial score (nSPS) is 10.6. The third-order valence-corrected chi connectivity index (χ3v) is 5.26. The third-order valence-electron chi connectivity index (χ3n) is 5.26. The Hall–Kier alpha value is -4.58. The highest BCUT2D eigenvalue weighted by molar-refractivity contribution is 6.05. The molecule has 36 heavy (non-hydrogen) atoms. The number of aromatic carboxylic acids is 1. The molecule has 0 aliphatic carbocycles. The number of rotatable bonds is 9. The molecule has 0 aliphatic heterocycles. The topological polar surface area (TPSA) is 84.9 Å². The number of hydrogen-bond acceptors (Lipinski definition) is 4. The van der Waals surface area contributed by atoms with Gasteiger partial charge in [0.2, 0.25) is 0 Å². The average Bonchev–Trinajstić information content (AvgIpc) is 2.88. The van der Waals surface area contributed by atoms with Gasteiger partial charge in [0, 0.05) is 11.3 Å². The highest BCUT2D eigenvalue weighted by atomic mass is 16.5. The van der Waals surface area contributed by atoms with Gasteiger partial charge >= 0.3 is 5.97 Å². The van der Waals surface area contributed by atoms with Crippen molar-refractivity contribution in [2.45, 2.75) is 13.8 Å². The first-order chi connectivity index (χ1) is 17.4. The first kappa shape index (κ1) is 24.5. The maximum atomic E-state index is 13.0. The van der Waals surface area contributed by atoms with E-state index in [2.05, 4.69) is 19.2 Å². The van der Waals surface area contributed by atoms with Gasteiger partial charge in [0.05, 0.1) is 12.2 Å². The fourth-order valence-corrected chi connectivity index (χ4v) is 3.55. The standard InChI is InChI=1S/C30H27NO5/c1-20(2)19-35-27-12-6-8-21(17-27)23-14-24(30(33)34)16-25(15-23)31-29(32)22-9-7-13-28(18-22)36-26-10-4-3-5-11-26/h3-18,20H,19H2,1-2H3,(H,31,32)(H,33,34). The summed E-state index contributed by atoms with van der Waals surface area (Å²) >= 11 is 0. The molecule has 6 heteroatoms. The number of benzene rings is 4. The zero-order chi connectivity index (χ0) is 25.5. The van der Waals surface area contributed by atoms with Gasteiger partial charge in [-0.05, 0) is 77.7 Å². The molecule has 0 unspecified atom stereocenters. The summed E-state index contributed by atoms with van der Waals surface area (Å²) in [6, 6.07) is 28.3. The third kappa shape index (κ3) is 6.51. The smallest absolute Gasteiger partial charge is 0.335 e. The predicted molar refractivity (Wildman–Crippen MR) is 140 cm³/mol.